The molecule has 0 radical (unpaired) electrons. The zero-order chi connectivity index (χ0) is 16.6. The maximum Gasteiger partial charge on any atom is 0.309 e. The van der Waals surface area contributed by atoms with E-state index < -0.39 is 34.1 Å². The number of carboxylic acid groups (broad SMARTS) is 1. The monoisotopic (exact) mass is 335 g/mol. The lowest BCUT2D eigenvalue weighted by atomic mass is 9.83. The van der Waals surface area contributed by atoms with Crippen molar-refractivity contribution in [3.63, 3.8) is 0 Å². The lowest BCUT2D eigenvalue weighted by Gasteiger charge is -2.32. The van der Waals surface area contributed by atoms with Gasteiger partial charge in [0.05, 0.1) is 17.8 Å². The van der Waals surface area contributed by atoms with Crippen LogP contribution in [0.5, 0.6) is 0 Å². The van der Waals surface area contributed by atoms with E-state index in [2.05, 4.69) is 11.6 Å². The zero-order valence-electron chi connectivity index (χ0n) is 13.3. The number of unbranched alkanes of at least 4 members (excludes halogenated alkanes) is 5. The fraction of sp³-hybridized carbons (Fsp3) is 0.933. The maximum atomic E-state index is 12.0. The third-order valence-electron chi connectivity index (χ3n) is 4.27. The first-order valence-electron chi connectivity index (χ1n) is 8.28. The van der Waals surface area contributed by atoms with Crippen molar-refractivity contribution >= 4 is 16.0 Å². The van der Waals surface area contributed by atoms with Crippen LogP contribution in [0.1, 0.15) is 64.7 Å². The Hall–Kier alpha value is -0.660. The number of aliphatic hydroxyl groups excluding tert-OH is 1. The second kappa shape index (κ2) is 9.47. The minimum Gasteiger partial charge on any atom is -0.481 e. The highest BCUT2D eigenvalue weighted by atomic mass is 32.2. The Bertz CT molecular complexity index is 437. The quantitative estimate of drug-likeness (QED) is 0.529. The first-order valence-corrected chi connectivity index (χ1v) is 9.93. The van der Waals surface area contributed by atoms with Crippen LogP contribution in [0.3, 0.4) is 0 Å². The van der Waals surface area contributed by atoms with Gasteiger partial charge < -0.3 is 10.2 Å². The molecular formula is C15H29NO5S. The van der Waals surface area contributed by atoms with Gasteiger partial charge in [0.2, 0.25) is 10.0 Å². The lowest BCUT2D eigenvalue weighted by molar-refractivity contribution is -0.148. The molecule has 0 aromatic rings. The van der Waals surface area contributed by atoms with Crippen molar-refractivity contribution in [2.45, 2.75) is 76.9 Å². The molecular weight excluding hydrogens is 306 g/mol. The van der Waals surface area contributed by atoms with E-state index in [4.69, 9.17) is 5.11 Å². The van der Waals surface area contributed by atoms with Crippen molar-refractivity contribution in [1.29, 1.82) is 0 Å². The van der Waals surface area contributed by atoms with E-state index in [9.17, 15) is 18.3 Å². The molecule has 0 bridgehead atoms. The summed E-state index contributed by atoms with van der Waals surface area (Å²) >= 11 is 0. The predicted octanol–water partition coefficient (Wildman–Crippen LogP) is 1.88. The normalized spacial score (nSPS) is 26.0. The first-order chi connectivity index (χ1) is 10.4. The molecule has 0 unspecified atom stereocenters. The molecule has 1 fully saturated rings. The summed E-state index contributed by atoms with van der Waals surface area (Å²) in [5.41, 5.74) is 0. The lowest BCUT2D eigenvalue weighted by Crippen LogP contribution is -2.51. The van der Waals surface area contributed by atoms with Crippen LogP contribution in [0.4, 0.5) is 0 Å². The van der Waals surface area contributed by atoms with Crippen LogP contribution in [0.2, 0.25) is 0 Å². The molecule has 0 aromatic heterocycles. The van der Waals surface area contributed by atoms with E-state index in [1.165, 1.54) is 6.42 Å². The Morgan fingerprint density at radius 3 is 2.41 bits per heavy atom. The summed E-state index contributed by atoms with van der Waals surface area (Å²) in [5, 5.41) is 19.1. The Labute approximate surface area is 133 Å². The molecule has 130 valence electrons. The number of hydrogen-bond donors (Lipinski definition) is 3. The predicted molar refractivity (Wildman–Crippen MR) is 85.1 cm³/mol. The molecule has 0 spiro atoms. The molecule has 0 aromatic carbocycles. The Morgan fingerprint density at radius 2 is 1.77 bits per heavy atom. The third kappa shape index (κ3) is 6.62. The van der Waals surface area contributed by atoms with E-state index >= 15 is 0 Å². The van der Waals surface area contributed by atoms with Crippen molar-refractivity contribution < 1.29 is 23.4 Å². The van der Waals surface area contributed by atoms with Gasteiger partial charge in [-0.3, -0.25) is 4.79 Å². The molecule has 3 atom stereocenters. The minimum atomic E-state index is -3.46. The average Bonchev–Trinajstić information content (AvgIpc) is 2.44. The number of hydrogen-bond acceptors (Lipinski definition) is 4. The SMILES string of the molecule is CCCCCCCCS(=O)(=O)N[C@H]1CCC[C@H](C(=O)O)[C@@H]1O. The second-order valence-corrected chi connectivity index (χ2v) is 8.05. The minimum absolute atomic E-state index is 0.0417. The summed E-state index contributed by atoms with van der Waals surface area (Å²) in [6.07, 6.45) is 6.33. The largest absolute Gasteiger partial charge is 0.481 e. The number of aliphatic carboxylic acids is 1. The van der Waals surface area contributed by atoms with E-state index in [0.717, 1.165) is 25.7 Å². The summed E-state index contributed by atoms with van der Waals surface area (Å²) in [6, 6.07) is -0.681. The van der Waals surface area contributed by atoms with Crippen LogP contribution in [-0.4, -0.2) is 42.5 Å². The Morgan fingerprint density at radius 1 is 1.14 bits per heavy atom. The number of carbonyl (C=O) groups is 1. The van der Waals surface area contributed by atoms with Crippen LogP contribution in [0.15, 0.2) is 0 Å². The van der Waals surface area contributed by atoms with E-state index in [1.807, 2.05) is 0 Å². The number of sulfonamides is 1. The fourth-order valence-corrected chi connectivity index (χ4v) is 4.36. The Kier molecular flexibility index (Phi) is 8.35. The van der Waals surface area contributed by atoms with Crippen molar-refractivity contribution in [3.8, 4) is 0 Å². The molecule has 1 rings (SSSR count). The van der Waals surface area contributed by atoms with Gasteiger partial charge in [-0.2, -0.15) is 0 Å². The molecule has 6 nitrogen and oxygen atoms in total. The van der Waals surface area contributed by atoms with Crippen molar-refractivity contribution in [1.82, 2.24) is 4.72 Å². The van der Waals surface area contributed by atoms with Gasteiger partial charge >= 0.3 is 5.97 Å². The summed E-state index contributed by atoms with van der Waals surface area (Å²) in [7, 11) is -3.46. The molecule has 1 aliphatic rings. The van der Waals surface area contributed by atoms with Crippen molar-refractivity contribution in [3.05, 3.63) is 0 Å². The van der Waals surface area contributed by atoms with Gasteiger partial charge in [0.1, 0.15) is 0 Å². The molecule has 22 heavy (non-hydrogen) atoms. The fourth-order valence-electron chi connectivity index (χ4n) is 2.94. The standard InChI is InChI=1S/C15H29NO5S/c1-2-3-4-5-6-7-11-22(20,21)16-13-10-8-9-12(14(13)17)15(18)19/h12-14,16-17H,2-11H2,1H3,(H,18,19)/t12-,13-,14-/m0/s1. The molecule has 1 aliphatic carbocycles. The van der Waals surface area contributed by atoms with Gasteiger partial charge in [0.25, 0.3) is 0 Å². The highest BCUT2D eigenvalue weighted by Crippen LogP contribution is 2.25. The van der Waals surface area contributed by atoms with Crippen LogP contribution in [0, 0.1) is 5.92 Å². The summed E-state index contributed by atoms with van der Waals surface area (Å²) < 4.78 is 26.6. The average molecular weight is 335 g/mol. The van der Waals surface area contributed by atoms with Crippen LogP contribution in [0.25, 0.3) is 0 Å². The molecule has 0 saturated heterocycles. The molecule has 0 heterocycles. The van der Waals surface area contributed by atoms with E-state index in [0.29, 0.717) is 25.7 Å². The maximum absolute atomic E-state index is 12.0. The van der Waals surface area contributed by atoms with E-state index in [-0.39, 0.29) is 5.75 Å². The van der Waals surface area contributed by atoms with Gasteiger partial charge in [-0.05, 0) is 19.3 Å². The summed E-state index contributed by atoms with van der Waals surface area (Å²) in [6.45, 7) is 2.13. The first kappa shape index (κ1) is 19.4. The highest BCUT2D eigenvalue weighted by molar-refractivity contribution is 7.89. The van der Waals surface area contributed by atoms with Gasteiger partial charge in [-0.25, -0.2) is 13.1 Å². The van der Waals surface area contributed by atoms with Crippen LogP contribution < -0.4 is 4.72 Å². The topological polar surface area (TPSA) is 104 Å². The number of rotatable bonds is 10. The van der Waals surface area contributed by atoms with Crippen LogP contribution in [-0.2, 0) is 14.8 Å². The van der Waals surface area contributed by atoms with Crippen molar-refractivity contribution in [2.24, 2.45) is 5.92 Å². The summed E-state index contributed by atoms with van der Waals surface area (Å²) in [4.78, 5) is 11.0. The smallest absolute Gasteiger partial charge is 0.309 e. The van der Waals surface area contributed by atoms with Gasteiger partial charge in [0, 0.05) is 6.04 Å². The van der Waals surface area contributed by atoms with Gasteiger partial charge in [-0.15, -0.1) is 0 Å². The number of carboxylic acids is 1. The third-order valence-corrected chi connectivity index (χ3v) is 5.76. The molecule has 0 amide bonds. The van der Waals surface area contributed by atoms with Crippen molar-refractivity contribution in [2.75, 3.05) is 5.75 Å². The summed E-state index contributed by atoms with van der Waals surface area (Å²) in [5.74, 6) is -1.90. The second-order valence-electron chi connectivity index (χ2n) is 6.18. The zero-order valence-corrected chi connectivity index (χ0v) is 14.1. The van der Waals surface area contributed by atoms with Gasteiger partial charge in [-0.1, -0.05) is 45.4 Å². The molecule has 1 saturated carbocycles. The molecule has 0 aliphatic heterocycles. The molecule has 7 heteroatoms. The van der Waals surface area contributed by atoms with Crippen LogP contribution >= 0.6 is 0 Å². The highest BCUT2D eigenvalue weighted by Gasteiger charge is 2.37. The Balaban J connectivity index is 2.38. The number of aliphatic hydroxyl groups is 1. The molecule has 3 N–H and O–H groups in total. The van der Waals surface area contributed by atoms with E-state index in [1.54, 1.807) is 0 Å². The number of nitrogens with one attached hydrogen (secondary N) is 1. The van der Waals surface area contributed by atoms with Gasteiger partial charge in [0.15, 0.2) is 0 Å².